The van der Waals surface area contributed by atoms with E-state index in [4.69, 9.17) is 4.74 Å². The molecule has 1 rings (SSSR count). The molecule has 0 aromatic rings. The summed E-state index contributed by atoms with van der Waals surface area (Å²) in [5, 5.41) is 3.27. The van der Waals surface area contributed by atoms with E-state index in [1.807, 2.05) is 0 Å². The summed E-state index contributed by atoms with van der Waals surface area (Å²) in [6.45, 7) is 5.92. The standard InChI is InChI=1S/C10H20N2O2/c1-3-4-9(10(13)14-2)12-7-5-11-6-8-12/h9,11H,3-8H2,1-2H3. The summed E-state index contributed by atoms with van der Waals surface area (Å²) in [4.78, 5) is 13.7. The lowest BCUT2D eigenvalue weighted by molar-refractivity contribution is -0.147. The second-order valence-electron chi connectivity index (χ2n) is 3.61. The van der Waals surface area contributed by atoms with Gasteiger partial charge in [0.05, 0.1) is 7.11 Å². The number of hydrogen-bond donors (Lipinski definition) is 1. The van der Waals surface area contributed by atoms with Gasteiger partial charge < -0.3 is 10.1 Å². The third kappa shape index (κ3) is 2.96. The van der Waals surface area contributed by atoms with Crippen LogP contribution in [-0.2, 0) is 9.53 Å². The monoisotopic (exact) mass is 200 g/mol. The van der Waals surface area contributed by atoms with E-state index < -0.39 is 0 Å². The predicted molar refractivity (Wildman–Crippen MR) is 55.2 cm³/mol. The van der Waals surface area contributed by atoms with Crippen LogP contribution >= 0.6 is 0 Å². The first-order chi connectivity index (χ1) is 6.79. The van der Waals surface area contributed by atoms with Crippen LogP contribution < -0.4 is 5.32 Å². The fourth-order valence-corrected chi connectivity index (χ4v) is 1.85. The van der Waals surface area contributed by atoms with Crippen molar-refractivity contribution in [2.75, 3.05) is 33.3 Å². The number of nitrogens with zero attached hydrogens (tertiary/aromatic N) is 1. The maximum absolute atomic E-state index is 11.5. The number of esters is 1. The predicted octanol–water partition coefficient (Wildman–Crippen LogP) is 0.233. The van der Waals surface area contributed by atoms with E-state index in [2.05, 4.69) is 17.1 Å². The molecule has 82 valence electrons. The number of carbonyl (C=O) groups is 1. The Kier molecular flexibility index (Phi) is 4.90. The van der Waals surface area contributed by atoms with Gasteiger partial charge in [-0.05, 0) is 6.42 Å². The van der Waals surface area contributed by atoms with Crippen molar-refractivity contribution < 1.29 is 9.53 Å². The minimum atomic E-state index is -0.0891. The van der Waals surface area contributed by atoms with Gasteiger partial charge in [-0.15, -0.1) is 0 Å². The molecule has 1 aliphatic rings. The molecule has 1 saturated heterocycles. The van der Waals surface area contributed by atoms with Gasteiger partial charge in [-0.25, -0.2) is 0 Å². The van der Waals surface area contributed by atoms with Gasteiger partial charge in [-0.2, -0.15) is 0 Å². The molecule has 0 spiro atoms. The minimum Gasteiger partial charge on any atom is -0.468 e. The Morgan fingerprint density at radius 2 is 2.14 bits per heavy atom. The lowest BCUT2D eigenvalue weighted by Crippen LogP contribution is -2.51. The van der Waals surface area contributed by atoms with Crippen LogP contribution in [0.3, 0.4) is 0 Å². The van der Waals surface area contributed by atoms with Crippen LogP contribution in [0.15, 0.2) is 0 Å². The number of hydrogen-bond acceptors (Lipinski definition) is 4. The molecule has 1 atom stereocenters. The highest BCUT2D eigenvalue weighted by Crippen LogP contribution is 2.09. The zero-order chi connectivity index (χ0) is 10.4. The third-order valence-corrected chi connectivity index (χ3v) is 2.63. The third-order valence-electron chi connectivity index (χ3n) is 2.63. The number of methoxy groups -OCH3 is 1. The number of ether oxygens (including phenoxy) is 1. The summed E-state index contributed by atoms with van der Waals surface area (Å²) < 4.78 is 4.82. The zero-order valence-corrected chi connectivity index (χ0v) is 9.08. The number of rotatable bonds is 4. The lowest BCUT2D eigenvalue weighted by Gasteiger charge is -2.32. The van der Waals surface area contributed by atoms with E-state index in [1.165, 1.54) is 7.11 Å². The summed E-state index contributed by atoms with van der Waals surface area (Å²) >= 11 is 0. The molecule has 0 bridgehead atoms. The molecule has 1 N–H and O–H groups in total. The first-order valence-electron chi connectivity index (χ1n) is 5.32. The van der Waals surface area contributed by atoms with E-state index in [0.29, 0.717) is 0 Å². The first kappa shape index (κ1) is 11.5. The molecule has 0 saturated carbocycles. The average Bonchev–Trinajstić information content (AvgIpc) is 2.26. The minimum absolute atomic E-state index is 0.0351. The average molecular weight is 200 g/mol. The summed E-state index contributed by atoms with van der Waals surface area (Å²) in [5.41, 5.74) is 0. The van der Waals surface area contributed by atoms with Gasteiger partial charge in [0.25, 0.3) is 0 Å². The van der Waals surface area contributed by atoms with Crippen LogP contribution in [0.5, 0.6) is 0 Å². The van der Waals surface area contributed by atoms with E-state index in [9.17, 15) is 4.79 Å². The SMILES string of the molecule is CCCC(C(=O)OC)N1CCNCC1. The highest BCUT2D eigenvalue weighted by Gasteiger charge is 2.26. The van der Waals surface area contributed by atoms with E-state index in [1.54, 1.807) is 0 Å². The highest BCUT2D eigenvalue weighted by molar-refractivity contribution is 5.75. The summed E-state index contributed by atoms with van der Waals surface area (Å²) in [6, 6.07) is -0.0351. The summed E-state index contributed by atoms with van der Waals surface area (Å²) in [6.07, 6.45) is 1.91. The van der Waals surface area contributed by atoms with Crippen molar-refractivity contribution >= 4 is 5.97 Å². The molecular formula is C10H20N2O2. The van der Waals surface area contributed by atoms with E-state index in [0.717, 1.165) is 39.0 Å². The van der Waals surface area contributed by atoms with Crippen LogP contribution in [0.1, 0.15) is 19.8 Å². The molecule has 14 heavy (non-hydrogen) atoms. The molecule has 0 radical (unpaired) electrons. The van der Waals surface area contributed by atoms with Crippen LogP contribution in [-0.4, -0.2) is 50.2 Å². The van der Waals surface area contributed by atoms with Crippen LogP contribution in [0, 0.1) is 0 Å². The van der Waals surface area contributed by atoms with Gasteiger partial charge in [0, 0.05) is 26.2 Å². The fraction of sp³-hybridized carbons (Fsp3) is 0.900. The van der Waals surface area contributed by atoms with Gasteiger partial charge in [0.15, 0.2) is 0 Å². The van der Waals surface area contributed by atoms with E-state index in [-0.39, 0.29) is 12.0 Å². The van der Waals surface area contributed by atoms with Gasteiger partial charge in [0.2, 0.25) is 0 Å². The Bertz CT molecular complexity index is 179. The lowest BCUT2D eigenvalue weighted by atomic mass is 10.1. The van der Waals surface area contributed by atoms with Crippen molar-refractivity contribution in [3.63, 3.8) is 0 Å². The summed E-state index contributed by atoms with van der Waals surface area (Å²) in [7, 11) is 1.47. The van der Waals surface area contributed by atoms with Gasteiger partial charge >= 0.3 is 5.97 Å². The normalized spacial score (nSPS) is 20.4. The van der Waals surface area contributed by atoms with Gasteiger partial charge in [-0.1, -0.05) is 13.3 Å². The zero-order valence-electron chi connectivity index (χ0n) is 9.08. The molecule has 4 nitrogen and oxygen atoms in total. The smallest absolute Gasteiger partial charge is 0.323 e. The topological polar surface area (TPSA) is 41.6 Å². The van der Waals surface area contributed by atoms with Crippen LogP contribution in [0.4, 0.5) is 0 Å². The Morgan fingerprint density at radius 1 is 1.50 bits per heavy atom. The maximum atomic E-state index is 11.5. The van der Waals surface area contributed by atoms with Crippen LogP contribution in [0.25, 0.3) is 0 Å². The Labute approximate surface area is 85.6 Å². The largest absolute Gasteiger partial charge is 0.468 e. The second kappa shape index (κ2) is 5.98. The van der Waals surface area contributed by atoms with Crippen molar-refractivity contribution in [3.05, 3.63) is 0 Å². The quantitative estimate of drug-likeness (QED) is 0.660. The highest BCUT2D eigenvalue weighted by atomic mass is 16.5. The molecule has 0 aliphatic carbocycles. The molecule has 4 heteroatoms. The van der Waals surface area contributed by atoms with Crippen molar-refractivity contribution in [3.8, 4) is 0 Å². The van der Waals surface area contributed by atoms with Crippen molar-refractivity contribution in [1.29, 1.82) is 0 Å². The molecule has 0 amide bonds. The van der Waals surface area contributed by atoms with Crippen LogP contribution in [0.2, 0.25) is 0 Å². The molecule has 1 heterocycles. The molecule has 0 aromatic heterocycles. The molecule has 1 unspecified atom stereocenters. The molecule has 1 fully saturated rings. The second-order valence-corrected chi connectivity index (χ2v) is 3.61. The summed E-state index contributed by atoms with van der Waals surface area (Å²) in [5.74, 6) is -0.0891. The van der Waals surface area contributed by atoms with Gasteiger partial charge in [-0.3, -0.25) is 9.69 Å². The number of carbonyl (C=O) groups excluding carboxylic acids is 1. The Hall–Kier alpha value is -0.610. The molecule has 1 aliphatic heterocycles. The van der Waals surface area contributed by atoms with Crippen molar-refractivity contribution in [1.82, 2.24) is 10.2 Å². The number of nitrogens with one attached hydrogen (secondary N) is 1. The molecular weight excluding hydrogens is 180 g/mol. The van der Waals surface area contributed by atoms with E-state index >= 15 is 0 Å². The molecule has 0 aromatic carbocycles. The first-order valence-corrected chi connectivity index (χ1v) is 5.32. The van der Waals surface area contributed by atoms with Crippen molar-refractivity contribution in [2.24, 2.45) is 0 Å². The Morgan fingerprint density at radius 3 is 2.64 bits per heavy atom. The Balaban J connectivity index is 2.50. The van der Waals surface area contributed by atoms with Gasteiger partial charge in [0.1, 0.15) is 6.04 Å². The number of piperazine rings is 1. The van der Waals surface area contributed by atoms with Crippen molar-refractivity contribution in [2.45, 2.75) is 25.8 Å². The fourth-order valence-electron chi connectivity index (χ4n) is 1.85. The maximum Gasteiger partial charge on any atom is 0.323 e.